The Hall–Kier alpha value is -1.82. The molecule has 1 amide bonds. The van der Waals surface area contributed by atoms with Crippen molar-refractivity contribution in [1.29, 1.82) is 0 Å². The highest BCUT2D eigenvalue weighted by atomic mass is 35.5. The number of hydrogen-bond acceptors (Lipinski definition) is 4. The van der Waals surface area contributed by atoms with Crippen LogP contribution in [0.1, 0.15) is 15.9 Å². The molecule has 1 aliphatic heterocycles. The van der Waals surface area contributed by atoms with Gasteiger partial charge in [-0.3, -0.25) is 4.79 Å². The molecule has 1 fully saturated rings. The lowest BCUT2D eigenvalue weighted by molar-refractivity contribution is 0.102. The van der Waals surface area contributed by atoms with Gasteiger partial charge >= 0.3 is 0 Å². The van der Waals surface area contributed by atoms with Gasteiger partial charge in [0.2, 0.25) is 0 Å². The molecule has 2 N–H and O–H groups in total. The fourth-order valence-electron chi connectivity index (χ4n) is 2.54. The van der Waals surface area contributed by atoms with E-state index in [0.29, 0.717) is 16.4 Å². The fourth-order valence-corrected chi connectivity index (χ4v) is 2.66. The van der Waals surface area contributed by atoms with E-state index in [9.17, 15) is 4.79 Å². The summed E-state index contributed by atoms with van der Waals surface area (Å²) in [6.07, 6.45) is 1.80. The van der Waals surface area contributed by atoms with Crippen molar-refractivity contribution >= 4 is 41.4 Å². The lowest BCUT2D eigenvalue weighted by Crippen LogP contribution is -2.43. The van der Waals surface area contributed by atoms with Gasteiger partial charge in [0.25, 0.3) is 5.91 Å². The first-order chi connectivity index (χ1) is 11.1. The molecule has 1 aromatic heterocycles. The Morgan fingerprint density at radius 1 is 1.25 bits per heavy atom. The molecule has 2 heterocycles. The number of carbonyl (C=O) groups excluding carboxylic acids is 1. The number of halogens is 2. The first-order valence-corrected chi connectivity index (χ1v) is 8.00. The van der Waals surface area contributed by atoms with Crippen LogP contribution in [0, 0.1) is 6.92 Å². The Labute approximate surface area is 152 Å². The van der Waals surface area contributed by atoms with Crippen molar-refractivity contribution in [3.63, 3.8) is 0 Å². The number of aromatic nitrogens is 1. The van der Waals surface area contributed by atoms with Gasteiger partial charge in [0.1, 0.15) is 5.82 Å². The largest absolute Gasteiger partial charge is 0.368 e. The molecule has 2 aromatic rings. The normalized spacial score (nSPS) is 14.0. The quantitative estimate of drug-likeness (QED) is 0.875. The minimum Gasteiger partial charge on any atom is -0.368 e. The molecule has 128 valence electrons. The number of nitrogens with one attached hydrogen (secondary N) is 2. The summed E-state index contributed by atoms with van der Waals surface area (Å²) in [6.45, 7) is 5.78. The Morgan fingerprint density at radius 3 is 2.62 bits per heavy atom. The average molecular weight is 367 g/mol. The molecule has 0 aliphatic carbocycles. The Bertz CT molecular complexity index is 700. The van der Waals surface area contributed by atoms with Crippen LogP contribution >= 0.6 is 24.0 Å². The van der Waals surface area contributed by atoms with Gasteiger partial charge in [-0.15, -0.1) is 12.4 Å². The second kappa shape index (κ2) is 8.33. The van der Waals surface area contributed by atoms with Crippen LogP contribution in [-0.2, 0) is 0 Å². The molecule has 24 heavy (non-hydrogen) atoms. The average Bonchev–Trinajstić information content (AvgIpc) is 2.59. The van der Waals surface area contributed by atoms with Crippen LogP contribution in [-0.4, -0.2) is 37.1 Å². The molecule has 1 aromatic carbocycles. The van der Waals surface area contributed by atoms with Crippen LogP contribution in [0.3, 0.4) is 0 Å². The fraction of sp³-hybridized carbons (Fsp3) is 0.294. The first kappa shape index (κ1) is 18.5. The second-order valence-electron chi connectivity index (χ2n) is 5.56. The van der Waals surface area contributed by atoms with Gasteiger partial charge in [0, 0.05) is 36.8 Å². The van der Waals surface area contributed by atoms with Crippen LogP contribution in [0.15, 0.2) is 36.5 Å². The van der Waals surface area contributed by atoms with Gasteiger partial charge in [0.05, 0.1) is 11.9 Å². The lowest BCUT2D eigenvalue weighted by atomic mass is 10.1. The van der Waals surface area contributed by atoms with E-state index in [1.165, 1.54) is 0 Å². The van der Waals surface area contributed by atoms with E-state index in [2.05, 4.69) is 20.5 Å². The van der Waals surface area contributed by atoms with Crippen molar-refractivity contribution in [2.45, 2.75) is 6.92 Å². The van der Waals surface area contributed by atoms with E-state index in [0.717, 1.165) is 37.4 Å². The van der Waals surface area contributed by atoms with Crippen molar-refractivity contribution in [3.05, 3.63) is 52.7 Å². The molecular weight excluding hydrogens is 347 g/mol. The third kappa shape index (κ3) is 4.38. The molecule has 1 saturated heterocycles. The van der Waals surface area contributed by atoms with Crippen molar-refractivity contribution in [2.75, 3.05) is 36.4 Å². The van der Waals surface area contributed by atoms with Crippen LogP contribution in [0.5, 0.6) is 0 Å². The summed E-state index contributed by atoms with van der Waals surface area (Å²) < 4.78 is 0. The summed E-state index contributed by atoms with van der Waals surface area (Å²) in [5, 5.41) is 6.78. The summed E-state index contributed by atoms with van der Waals surface area (Å²) >= 11 is 5.98. The van der Waals surface area contributed by atoms with Crippen LogP contribution in [0.2, 0.25) is 5.02 Å². The van der Waals surface area contributed by atoms with E-state index < -0.39 is 0 Å². The molecule has 0 bridgehead atoms. The molecule has 0 spiro atoms. The zero-order valence-corrected chi connectivity index (χ0v) is 15.0. The summed E-state index contributed by atoms with van der Waals surface area (Å²) in [5.74, 6) is 0.355. The van der Waals surface area contributed by atoms with Gasteiger partial charge < -0.3 is 15.5 Å². The number of hydrogen-bond donors (Lipinski definition) is 2. The Kier molecular flexibility index (Phi) is 6.43. The van der Waals surface area contributed by atoms with Crippen molar-refractivity contribution in [2.24, 2.45) is 0 Å². The Balaban J connectivity index is 0.00000208. The minimum absolute atomic E-state index is 0. The summed E-state index contributed by atoms with van der Waals surface area (Å²) in [7, 11) is 0. The third-order valence-electron chi connectivity index (χ3n) is 3.89. The van der Waals surface area contributed by atoms with Gasteiger partial charge in [-0.2, -0.15) is 0 Å². The molecule has 7 heteroatoms. The highest BCUT2D eigenvalue weighted by Crippen LogP contribution is 2.18. The molecule has 0 atom stereocenters. The Morgan fingerprint density at radius 2 is 2.00 bits per heavy atom. The van der Waals surface area contributed by atoms with Crippen molar-refractivity contribution in [3.8, 4) is 0 Å². The molecule has 3 rings (SSSR count). The monoisotopic (exact) mass is 366 g/mol. The summed E-state index contributed by atoms with van der Waals surface area (Å²) in [4.78, 5) is 18.9. The second-order valence-corrected chi connectivity index (χ2v) is 5.96. The van der Waals surface area contributed by atoms with Gasteiger partial charge in [-0.25, -0.2) is 4.98 Å². The highest BCUT2D eigenvalue weighted by molar-refractivity contribution is 6.31. The van der Waals surface area contributed by atoms with Crippen molar-refractivity contribution < 1.29 is 4.79 Å². The smallest absolute Gasteiger partial charge is 0.256 e. The molecule has 0 saturated carbocycles. The molecule has 0 radical (unpaired) electrons. The van der Waals surface area contributed by atoms with E-state index >= 15 is 0 Å². The SMILES string of the molecule is Cc1cc(C(=O)Nc2ccc(N3CCNCC3)cn2)ccc1Cl.Cl. The van der Waals surface area contributed by atoms with E-state index in [1.54, 1.807) is 24.4 Å². The maximum atomic E-state index is 12.3. The van der Waals surface area contributed by atoms with Gasteiger partial charge in [0.15, 0.2) is 0 Å². The van der Waals surface area contributed by atoms with Gasteiger partial charge in [-0.05, 0) is 42.8 Å². The minimum atomic E-state index is -0.188. The maximum absolute atomic E-state index is 12.3. The number of amides is 1. The predicted molar refractivity (Wildman–Crippen MR) is 101 cm³/mol. The predicted octanol–water partition coefficient (Wildman–Crippen LogP) is 3.13. The standard InChI is InChI=1S/C17H19ClN4O.ClH/c1-12-10-13(2-4-15(12)18)17(23)21-16-5-3-14(11-20-16)22-8-6-19-7-9-22;/h2-5,10-11,19H,6-9H2,1H3,(H,20,21,23);1H. The highest BCUT2D eigenvalue weighted by Gasteiger charge is 2.12. The van der Waals surface area contributed by atoms with Crippen LogP contribution < -0.4 is 15.5 Å². The van der Waals surface area contributed by atoms with E-state index in [4.69, 9.17) is 11.6 Å². The number of rotatable bonds is 3. The van der Waals surface area contributed by atoms with Crippen molar-refractivity contribution in [1.82, 2.24) is 10.3 Å². The first-order valence-electron chi connectivity index (χ1n) is 7.63. The van der Waals surface area contributed by atoms with E-state index in [1.807, 2.05) is 19.1 Å². The number of piperazine rings is 1. The zero-order valence-electron chi connectivity index (χ0n) is 13.4. The van der Waals surface area contributed by atoms with Crippen LogP contribution in [0.25, 0.3) is 0 Å². The number of benzene rings is 1. The number of nitrogens with zero attached hydrogens (tertiary/aromatic N) is 2. The molecule has 1 aliphatic rings. The molecule has 0 unspecified atom stereocenters. The topological polar surface area (TPSA) is 57.3 Å². The van der Waals surface area contributed by atoms with E-state index in [-0.39, 0.29) is 18.3 Å². The number of aryl methyl sites for hydroxylation is 1. The zero-order chi connectivity index (χ0) is 16.2. The summed E-state index contributed by atoms with van der Waals surface area (Å²) in [5.41, 5.74) is 2.52. The van der Waals surface area contributed by atoms with Crippen LogP contribution in [0.4, 0.5) is 11.5 Å². The number of carbonyl (C=O) groups is 1. The summed E-state index contributed by atoms with van der Waals surface area (Å²) in [6, 6.07) is 9.03. The number of pyridine rings is 1. The molecule has 5 nitrogen and oxygen atoms in total. The molecular formula is C17H20Cl2N4O. The maximum Gasteiger partial charge on any atom is 0.256 e. The van der Waals surface area contributed by atoms with Gasteiger partial charge in [-0.1, -0.05) is 11.6 Å². The lowest BCUT2D eigenvalue weighted by Gasteiger charge is -2.29. The number of anilines is 2. The third-order valence-corrected chi connectivity index (χ3v) is 4.32.